The van der Waals surface area contributed by atoms with Crippen molar-refractivity contribution >= 4 is 51.5 Å². The molecule has 1 amide bonds. The van der Waals surface area contributed by atoms with Gasteiger partial charge >= 0.3 is 5.97 Å². The molecule has 0 saturated heterocycles. The maximum atomic E-state index is 13.9. The number of aromatic nitrogens is 2. The van der Waals surface area contributed by atoms with Crippen LogP contribution in [0, 0.1) is 10.1 Å². The average Bonchev–Trinajstić information content (AvgIpc) is 3.50. The number of unbranched alkanes of at least 4 members (excludes halogenated alkanes) is 9. The molecule has 48 heavy (non-hydrogen) atoms. The van der Waals surface area contributed by atoms with Crippen molar-refractivity contribution in [1.29, 1.82) is 0 Å². The zero-order chi connectivity index (χ0) is 34.5. The molecule has 1 unspecified atom stereocenters. The van der Waals surface area contributed by atoms with Crippen LogP contribution < -0.4 is 10.1 Å². The standard InChI is InChI=1S/C36H41ClN4O7/c1-3-4-5-6-7-8-9-10-11-12-21-48-36(44)26-15-19-30(37)31(23-26)39-35(43)33(34(42)25-13-17-29(47-2)18-14-25)40-32-20-16-28(41(45)46)22-27(32)24-38-40/h13-20,22-24,33H,3-12,21H2,1-2H3,(H,39,43). The van der Waals surface area contributed by atoms with Gasteiger partial charge in [0.25, 0.3) is 11.6 Å². The molecule has 4 aromatic rings. The molecule has 1 N–H and O–H groups in total. The van der Waals surface area contributed by atoms with Crippen LogP contribution in [0.3, 0.4) is 0 Å². The lowest BCUT2D eigenvalue weighted by Gasteiger charge is -2.18. The lowest BCUT2D eigenvalue weighted by molar-refractivity contribution is -0.384. The summed E-state index contributed by atoms with van der Waals surface area (Å²) < 4.78 is 11.9. The fourth-order valence-electron chi connectivity index (χ4n) is 5.40. The molecule has 3 aromatic carbocycles. The van der Waals surface area contributed by atoms with Crippen molar-refractivity contribution in [2.75, 3.05) is 19.0 Å². The fourth-order valence-corrected chi connectivity index (χ4v) is 5.57. The van der Waals surface area contributed by atoms with Gasteiger partial charge in [0.05, 0.1) is 46.6 Å². The number of nitro groups is 1. The number of halogens is 1. The Kier molecular flexibility index (Phi) is 13.5. The van der Waals surface area contributed by atoms with E-state index in [0.717, 1.165) is 19.3 Å². The molecule has 12 heteroatoms. The first-order valence-electron chi connectivity index (χ1n) is 16.3. The number of hydrogen-bond donors (Lipinski definition) is 1. The molecule has 0 aliphatic rings. The minimum absolute atomic E-state index is 0.106. The van der Waals surface area contributed by atoms with E-state index in [9.17, 15) is 24.5 Å². The van der Waals surface area contributed by atoms with Crippen LogP contribution in [0.5, 0.6) is 5.75 Å². The summed E-state index contributed by atoms with van der Waals surface area (Å²) in [7, 11) is 1.49. The molecular formula is C36H41ClN4O7. The number of nitro benzene ring substituents is 1. The first kappa shape index (κ1) is 36.1. The molecule has 0 spiro atoms. The molecule has 0 aliphatic carbocycles. The van der Waals surface area contributed by atoms with E-state index in [0.29, 0.717) is 16.7 Å². The highest BCUT2D eigenvalue weighted by Gasteiger charge is 2.32. The molecule has 0 aliphatic heterocycles. The normalized spacial score (nSPS) is 11.6. The molecule has 4 rings (SSSR count). The first-order valence-corrected chi connectivity index (χ1v) is 16.7. The Bertz CT molecular complexity index is 1720. The second-order valence-electron chi connectivity index (χ2n) is 11.6. The number of benzene rings is 3. The number of anilines is 1. The Morgan fingerprint density at radius 3 is 2.19 bits per heavy atom. The highest BCUT2D eigenvalue weighted by molar-refractivity contribution is 6.34. The van der Waals surface area contributed by atoms with Gasteiger partial charge in [-0.2, -0.15) is 5.10 Å². The molecule has 0 radical (unpaired) electrons. The van der Waals surface area contributed by atoms with Crippen molar-refractivity contribution in [3.63, 3.8) is 0 Å². The summed E-state index contributed by atoms with van der Waals surface area (Å²) >= 11 is 6.42. The van der Waals surface area contributed by atoms with Gasteiger partial charge in [0.2, 0.25) is 0 Å². The second-order valence-corrected chi connectivity index (χ2v) is 12.0. The molecule has 0 fully saturated rings. The van der Waals surface area contributed by atoms with E-state index in [2.05, 4.69) is 17.3 Å². The SMILES string of the molecule is CCCCCCCCCCCCOC(=O)c1ccc(Cl)c(NC(=O)C(C(=O)c2ccc(OC)cc2)n2ncc3cc([N+](=O)[O-])ccc32)c1. The predicted octanol–water partition coefficient (Wildman–Crippen LogP) is 8.75. The fraction of sp³-hybridized carbons (Fsp3) is 0.389. The third-order valence-corrected chi connectivity index (χ3v) is 8.43. The number of methoxy groups -OCH3 is 1. The number of Topliss-reactive ketones (excluding diaryl/α,β-unsaturated/α-hetero) is 1. The molecule has 0 saturated carbocycles. The highest BCUT2D eigenvalue weighted by Crippen LogP contribution is 2.29. The smallest absolute Gasteiger partial charge is 0.338 e. The van der Waals surface area contributed by atoms with Crippen molar-refractivity contribution in [3.05, 3.63) is 93.1 Å². The molecule has 1 heterocycles. The molecule has 254 valence electrons. The van der Waals surface area contributed by atoms with Crippen LogP contribution >= 0.6 is 11.6 Å². The molecule has 1 aromatic heterocycles. The Labute approximate surface area is 284 Å². The number of esters is 1. The predicted molar refractivity (Wildman–Crippen MR) is 185 cm³/mol. The van der Waals surface area contributed by atoms with Gasteiger partial charge in [0.1, 0.15) is 5.75 Å². The van der Waals surface area contributed by atoms with E-state index >= 15 is 0 Å². The molecule has 0 bridgehead atoms. The van der Waals surface area contributed by atoms with Crippen LogP contribution in [0.1, 0.15) is 97.9 Å². The van der Waals surface area contributed by atoms with Gasteiger partial charge < -0.3 is 14.8 Å². The largest absolute Gasteiger partial charge is 0.497 e. The van der Waals surface area contributed by atoms with E-state index in [1.807, 2.05) is 0 Å². The Balaban J connectivity index is 1.45. The zero-order valence-corrected chi connectivity index (χ0v) is 28.0. The van der Waals surface area contributed by atoms with E-state index < -0.39 is 28.6 Å². The molecule has 11 nitrogen and oxygen atoms in total. The van der Waals surface area contributed by atoms with E-state index in [-0.39, 0.29) is 34.1 Å². The third-order valence-electron chi connectivity index (χ3n) is 8.10. The topological polar surface area (TPSA) is 143 Å². The van der Waals surface area contributed by atoms with Gasteiger partial charge in [-0.1, -0.05) is 76.3 Å². The summed E-state index contributed by atoms with van der Waals surface area (Å²) in [6, 6.07) is 13.1. The summed E-state index contributed by atoms with van der Waals surface area (Å²) in [5.74, 6) is -1.41. The van der Waals surface area contributed by atoms with Crippen molar-refractivity contribution in [2.24, 2.45) is 0 Å². The van der Waals surface area contributed by atoms with Crippen LogP contribution in [-0.4, -0.2) is 46.1 Å². The van der Waals surface area contributed by atoms with Gasteiger partial charge in [-0.15, -0.1) is 0 Å². The average molecular weight is 677 g/mol. The third kappa shape index (κ3) is 9.63. The monoisotopic (exact) mass is 676 g/mol. The lowest BCUT2D eigenvalue weighted by atomic mass is 10.0. The van der Waals surface area contributed by atoms with Crippen LogP contribution in [0.25, 0.3) is 10.9 Å². The summed E-state index contributed by atoms with van der Waals surface area (Å²) in [4.78, 5) is 51.4. The second kappa shape index (κ2) is 18.0. The van der Waals surface area contributed by atoms with Crippen molar-refractivity contribution in [2.45, 2.75) is 77.2 Å². The number of nitrogens with zero attached hydrogens (tertiary/aromatic N) is 3. The Morgan fingerprint density at radius 1 is 0.896 bits per heavy atom. The number of ether oxygens (including phenoxy) is 2. The van der Waals surface area contributed by atoms with Crippen molar-refractivity contribution in [1.82, 2.24) is 9.78 Å². The number of ketones is 1. The number of rotatable bonds is 19. The quantitative estimate of drug-likeness (QED) is 0.0259. The Hall–Kier alpha value is -4.77. The summed E-state index contributed by atoms with van der Waals surface area (Å²) in [6.45, 7) is 2.50. The van der Waals surface area contributed by atoms with Gasteiger partial charge in [-0.05, 0) is 55.0 Å². The van der Waals surface area contributed by atoms with Gasteiger partial charge in [-0.3, -0.25) is 19.7 Å². The summed E-state index contributed by atoms with van der Waals surface area (Å²) in [5.41, 5.74) is 0.675. The van der Waals surface area contributed by atoms with Crippen molar-refractivity contribution < 1.29 is 28.8 Å². The van der Waals surface area contributed by atoms with E-state index in [1.54, 1.807) is 12.1 Å². The van der Waals surface area contributed by atoms with Gasteiger partial charge in [-0.25, -0.2) is 9.48 Å². The first-order chi connectivity index (χ1) is 23.2. The van der Waals surface area contributed by atoms with Crippen LogP contribution in [0.4, 0.5) is 11.4 Å². The summed E-state index contributed by atoms with van der Waals surface area (Å²) in [5, 5.41) is 18.8. The zero-order valence-electron chi connectivity index (χ0n) is 27.3. The maximum absolute atomic E-state index is 13.9. The number of amides is 1. The number of non-ortho nitro benzene ring substituents is 1. The maximum Gasteiger partial charge on any atom is 0.338 e. The van der Waals surface area contributed by atoms with Crippen LogP contribution in [0.2, 0.25) is 5.02 Å². The number of carbonyl (C=O) groups excluding carboxylic acids is 3. The lowest BCUT2D eigenvalue weighted by Crippen LogP contribution is -2.33. The van der Waals surface area contributed by atoms with Crippen LogP contribution in [0.15, 0.2) is 66.9 Å². The number of hydrogen-bond acceptors (Lipinski definition) is 8. The van der Waals surface area contributed by atoms with Crippen molar-refractivity contribution in [3.8, 4) is 5.75 Å². The van der Waals surface area contributed by atoms with Crippen LogP contribution in [-0.2, 0) is 9.53 Å². The number of carbonyl (C=O) groups is 3. The van der Waals surface area contributed by atoms with E-state index in [4.69, 9.17) is 21.1 Å². The number of fused-ring (bicyclic) bond motifs is 1. The molecule has 1 atom stereocenters. The number of nitrogens with one attached hydrogen (secondary N) is 1. The van der Waals surface area contributed by atoms with Gasteiger partial charge in [0.15, 0.2) is 11.8 Å². The minimum atomic E-state index is -1.53. The Morgan fingerprint density at radius 2 is 1.54 bits per heavy atom. The van der Waals surface area contributed by atoms with E-state index in [1.165, 1.54) is 111 Å². The molecular weight excluding hydrogens is 636 g/mol. The minimum Gasteiger partial charge on any atom is -0.497 e. The summed E-state index contributed by atoms with van der Waals surface area (Å²) in [6.07, 6.45) is 13.0. The van der Waals surface area contributed by atoms with Gasteiger partial charge in [0, 0.05) is 23.1 Å². The highest BCUT2D eigenvalue weighted by atomic mass is 35.5.